The number of rotatable bonds is 1. The summed E-state index contributed by atoms with van der Waals surface area (Å²) in [5.74, 6) is 0. The van der Waals surface area contributed by atoms with Gasteiger partial charge in [0.2, 0.25) is 0 Å². The Bertz CT molecular complexity index is 252. The van der Waals surface area contributed by atoms with Gasteiger partial charge >= 0.3 is 0 Å². The van der Waals surface area contributed by atoms with Gasteiger partial charge in [0.15, 0.2) is 0 Å². The lowest BCUT2D eigenvalue weighted by Gasteiger charge is -2.46. The number of nitrogens with zero attached hydrogens (tertiary/aromatic N) is 1. The van der Waals surface area contributed by atoms with Gasteiger partial charge in [0.1, 0.15) is 0 Å². The molecule has 0 aromatic rings. The quantitative estimate of drug-likeness (QED) is 0.755. The van der Waals surface area contributed by atoms with Crippen molar-refractivity contribution in [2.24, 2.45) is 0 Å². The molecule has 1 aliphatic carbocycles. The van der Waals surface area contributed by atoms with Crippen molar-refractivity contribution in [3.63, 3.8) is 0 Å². The van der Waals surface area contributed by atoms with Gasteiger partial charge in [-0.3, -0.25) is 4.90 Å². The van der Waals surface area contributed by atoms with Gasteiger partial charge in [0.05, 0.1) is 0 Å². The van der Waals surface area contributed by atoms with Crippen molar-refractivity contribution in [3.8, 4) is 0 Å². The Balaban J connectivity index is 2.13. The van der Waals surface area contributed by atoms with Gasteiger partial charge in [-0.25, -0.2) is 0 Å². The Morgan fingerprint density at radius 1 is 1.00 bits per heavy atom. The van der Waals surface area contributed by atoms with Crippen LogP contribution in [0.25, 0.3) is 0 Å². The molecule has 2 nitrogen and oxygen atoms in total. The van der Waals surface area contributed by atoms with E-state index in [1.165, 1.54) is 45.1 Å². The topological polar surface area (TPSA) is 15.3 Å². The van der Waals surface area contributed by atoms with Crippen molar-refractivity contribution in [2.45, 2.75) is 83.3 Å². The van der Waals surface area contributed by atoms with Crippen LogP contribution in [0, 0.1) is 0 Å². The predicted octanol–water partition coefficient (Wildman–Crippen LogP) is 3.17. The van der Waals surface area contributed by atoms with E-state index in [9.17, 15) is 0 Å². The summed E-state index contributed by atoms with van der Waals surface area (Å²) in [5.41, 5.74) is 0.633. The Kier molecular flexibility index (Phi) is 3.84. The molecule has 0 amide bonds. The number of hydrogen-bond donors (Lipinski definition) is 1. The summed E-state index contributed by atoms with van der Waals surface area (Å²) in [4.78, 5) is 2.81. The maximum Gasteiger partial charge on any atom is 0.0252 e. The van der Waals surface area contributed by atoms with Gasteiger partial charge in [0.25, 0.3) is 0 Å². The fraction of sp³-hybridized carbons (Fsp3) is 1.00. The van der Waals surface area contributed by atoms with Crippen LogP contribution in [0.2, 0.25) is 0 Å². The zero-order valence-electron chi connectivity index (χ0n) is 12.2. The first-order chi connectivity index (χ1) is 7.91. The zero-order valence-corrected chi connectivity index (χ0v) is 12.2. The summed E-state index contributed by atoms with van der Waals surface area (Å²) in [7, 11) is 0. The highest BCUT2D eigenvalue weighted by atomic mass is 15.3. The highest BCUT2D eigenvalue weighted by Gasteiger charge is 2.38. The SMILES string of the molecule is CC1(C)CN(C2CCCCC2)C(C)(C)CCN1. The summed E-state index contributed by atoms with van der Waals surface area (Å²) >= 11 is 0. The minimum absolute atomic E-state index is 0.269. The molecule has 1 saturated carbocycles. The molecule has 0 aromatic heterocycles. The van der Waals surface area contributed by atoms with Crippen LogP contribution in [0.5, 0.6) is 0 Å². The molecule has 1 heterocycles. The van der Waals surface area contributed by atoms with Gasteiger partial charge in [-0.05, 0) is 53.5 Å². The molecule has 0 spiro atoms. The van der Waals surface area contributed by atoms with E-state index in [-0.39, 0.29) is 5.54 Å². The standard InChI is InChI=1S/C15H30N2/c1-14(2)12-17(13-8-6-5-7-9-13)15(3,4)10-11-16-14/h13,16H,5-12H2,1-4H3. The molecule has 100 valence electrons. The van der Waals surface area contributed by atoms with E-state index in [1.54, 1.807) is 0 Å². The third-order valence-electron chi connectivity index (χ3n) is 4.70. The van der Waals surface area contributed by atoms with E-state index in [0.29, 0.717) is 5.54 Å². The van der Waals surface area contributed by atoms with Crippen LogP contribution in [0.15, 0.2) is 0 Å². The monoisotopic (exact) mass is 238 g/mol. The second-order valence-corrected chi connectivity index (χ2v) is 7.29. The highest BCUT2D eigenvalue weighted by Crippen LogP contribution is 2.32. The molecule has 1 aliphatic heterocycles. The van der Waals surface area contributed by atoms with Gasteiger partial charge in [-0.1, -0.05) is 19.3 Å². The smallest absolute Gasteiger partial charge is 0.0252 e. The predicted molar refractivity (Wildman–Crippen MR) is 74.4 cm³/mol. The molecule has 2 rings (SSSR count). The fourth-order valence-corrected chi connectivity index (χ4v) is 3.56. The molecule has 0 radical (unpaired) electrons. The van der Waals surface area contributed by atoms with Crippen LogP contribution in [-0.4, -0.2) is 35.1 Å². The highest BCUT2D eigenvalue weighted by molar-refractivity contribution is 4.97. The first-order valence-corrected chi connectivity index (χ1v) is 7.43. The molecule has 1 saturated heterocycles. The third-order valence-corrected chi connectivity index (χ3v) is 4.70. The van der Waals surface area contributed by atoms with Crippen molar-refractivity contribution < 1.29 is 0 Å². The van der Waals surface area contributed by atoms with Crippen LogP contribution in [0.1, 0.15) is 66.2 Å². The van der Waals surface area contributed by atoms with Crippen molar-refractivity contribution in [2.75, 3.05) is 13.1 Å². The average Bonchev–Trinajstić information content (AvgIpc) is 2.36. The Morgan fingerprint density at radius 2 is 1.65 bits per heavy atom. The molecule has 0 unspecified atom stereocenters. The van der Waals surface area contributed by atoms with E-state index in [2.05, 4.69) is 37.9 Å². The fourth-order valence-electron chi connectivity index (χ4n) is 3.56. The minimum atomic E-state index is 0.269. The maximum atomic E-state index is 3.70. The molecule has 2 fully saturated rings. The van der Waals surface area contributed by atoms with E-state index in [0.717, 1.165) is 12.6 Å². The molecule has 2 heteroatoms. The molecule has 0 bridgehead atoms. The van der Waals surface area contributed by atoms with Gasteiger partial charge in [0, 0.05) is 23.7 Å². The van der Waals surface area contributed by atoms with E-state index >= 15 is 0 Å². The minimum Gasteiger partial charge on any atom is -0.310 e. The third kappa shape index (κ3) is 3.23. The van der Waals surface area contributed by atoms with Gasteiger partial charge < -0.3 is 5.32 Å². The molecule has 17 heavy (non-hydrogen) atoms. The van der Waals surface area contributed by atoms with Crippen molar-refractivity contribution in [1.29, 1.82) is 0 Å². The molecular weight excluding hydrogens is 208 g/mol. The molecule has 1 N–H and O–H groups in total. The lowest BCUT2D eigenvalue weighted by Crippen LogP contribution is -2.55. The lowest BCUT2D eigenvalue weighted by molar-refractivity contribution is 0.0391. The molecule has 2 aliphatic rings. The van der Waals surface area contributed by atoms with Crippen LogP contribution < -0.4 is 5.32 Å². The first kappa shape index (κ1) is 13.4. The summed E-state index contributed by atoms with van der Waals surface area (Å²) in [5, 5.41) is 3.70. The summed E-state index contributed by atoms with van der Waals surface area (Å²) in [6, 6.07) is 0.831. The van der Waals surface area contributed by atoms with Crippen molar-refractivity contribution >= 4 is 0 Å². The summed E-state index contributed by atoms with van der Waals surface area (Å²) < 4.78 is 0. The molecule has 0 aromatic carbocycles. The summed E-state index contributed by atoms with van der Waals surface area (Å²) in [6.07, 6.45) is 8.43. The molecular formula is C15H30N2. The Hall–Kier alpha value is -0.0800. The number of hydrogen-bond acceptors (Lipinski definition) is 2. The van der Waals surface area contributed by atoms with E-state index in [1.807, 2.05) is 0 Å². The van der Waals surface area contributed by atoms with Crippen LogP contribution in [0.3, 0.4) is 0 Å². The number of nitrogens with one attached hydrogen (secondary N) is 1. The maximum absolute atomic E-state index is 3.70. The van der Waals surface area contributed by atoms with E-state index in [4.69, 9.17) is 0 Å². The normalized spacial score (nSPS) is 31.1. The van der Waals surface area contributed by atoms with Crippen LogP contribution in [-0.2, 0) is 0 Å². The van der Waals surface area contributed by atoms with Crippen molar-refractivity contribution in [1.82, 2.24) is 10.2 Å². The molecule has 0 atom stereocenters. The second-order valence-electron chi connectivity index (χ2n) is 7.29. The van der Waals surface area contributed by atoms with Crippen LogP contribution >= 0.6 is 0 Å². The van der Waals surface area contributed by atoms with Gasteiger partial charge in [-0.2, -0.15) is 0 Å². The Labute approximate surface area is 107 Å². The van der Waals surface area contributed by atoms with Crippen molar-refractivity contribution in [3.05, 3.63) is 0 Å². The van der Waals surface area contributed by atoms with Crippen LogP contribution in [0.4, 0.5) is 0 Å². The van der Waals surface area contributed by atoms with Gasteiger partial charge in [-0.15, -0.1) is 0 Å². The first-order valence-electron chi connectivity index (χ1n) is 7.43. The second kappa shape index (κ2) is 4.89. The zero-order chi connectivity index (χ0) is 12.5. The summed E-state index contributed by atoms with van der Waals surface area (Å²) in [6.45, 7) is 11.9. The van der Waals surface area contributed by atoms with E-state index < -0.39 is 0 Å². The average molecular weight is 238 g/mol. The lowest BCUT2D eigenvalue weighted by atomic mass is 9.88. The Morgan fingerprint density at radius 3 is 2.29 bits per heavy atom. The largest absolute Gasteiger partial charge is 0.310 e.